The predicted molar refractivity (Wildman–Crippen MR) is 59.5 cm³/mol. The quantitative estimate of drug-likeness (QED) is 0.782. The lowest BCUT2D eigenvalue weighted by molar-refractivity contribution is 0.00912. The summed E-state index contributed by atoms with van der Waals surface area (Å²) in [6, 6.07) is 6.61. The van der Waals surface area contributed by atoms with Crippen molar-refractivity contribution >= 4 is 0 Å². The second-order valence-electron chi connectivity index (χ2n) is 4.88. The van der Waals surface area contributed by atoms with E-state index >= 15 is 0 Å². The zero-order chi connectivity index (χ0) is 11.2. The molecule has 0 spiro atoms. The van der Waals surface area contributed by atoms with Gasteiger partial charge in [-0.15, -0.1) is 0 Å². The van der Waals surface area contributed by atoms with Crippen LogP contribution in [0.3, 0.4) is 0 Å². The third-order valence-electron chi connectivity index (χ3n) is 4.02. The molecular formula is C13H16FNO. The van der Waals surface area contributed by atoms with Gasteiger partial charge in [-0.1, -0.05) is 12.1 Å². The lowest BCUT2D eigenvalue weighted by Crippen LogP contribution is -2.38. The van der Waals surface area contributed by atoms with Crippen LogP contribution in [-0.2, 0) is 5.60 Å². The number of halogens is 1. The van der Waals surface area contributed by atoms with E-state index in [2.05, 4.69) is 4.90 Å². The van der Waals surface area contributed by atoms with Crippen LogP contribution in [0.1, 0.15) is 24.8 Å². The molecule has 1 aromatic rings. The molecule has 0 amide bonds. The molecule has 2 fully saturated rings. The van der Waals surface area contributed by atoms with Crippen molar-refractivity contribution in [1.29, 1.82) is 0 Å². The Morgan fingerprint density at radius 1 is 1.38 bits per heavy atom. The van der Waals surface area contributed by atoms with Gasteiger partial charge in [-0.2, -0.15) is 0 Å². The molecule has 2 atom stereocenters. The summed E-state index contributed by atoms with van der Waals surface area (Å²) in [5.74, 6) is -0.262. The Hall–Kier alpha value is -0.930. The van der Waals surface area contributed by atoms with Crippen LogP contribution in [-0.4, -0.2) is 29.1 Å². The molecule has 0 saturated carbocycles. The maximum Gasteiger partial charge on any atom is 0.123 e. The average Bonchev–Trinajstić information content (AvgIpc) is 2.84. The van der Waals surface area contributed by atoms with Gasteiger partial charge in [0.15, 0.2) is 0 Å². The molecule has 2 unspecified atom stereocenters. The standard InChI is InChI=1S/C13H16FNO/c14-11-4-1-3-10(9-11)13(16)6-8-15-7-2-5-12(13)15/h1,3-4,9,12,16H,2,5-8H2. The normalized spacial score (nSPS) is 34.2. The van der Waals surface area contributed by atoms with Crippen LogP contribution in [0.15, 0.2) is 24.3 Å². The maximum atomic E-state index is 13.2. The number of hydrogen-bond donors (Lipinski definition) is 1. The molecular weight excluding hydrogens is 205 g/mol. The van der Waals surface area contributed by atoms with Gasteiger partial charge in [-0.05, 0) is 43.5 Å². The van der Waals surface area contributed by atoms with Crippen LogP contribution >= 0.6 is 0 Å². The average molecular weight is 221 g/mol. The summed E-state index contributed by atoms with van der Waals surface area (Å²) in [5.41, 5.74) is -0.0969. The van der Waals surface area contributed by atoms with E-state index in [0.29, 0.717) is 0 Å². The van der Waals surface area contributed by atoms with Crippen LogP contribution in [0.2, 0.25) is 0 Å². The topological polar surface area (TPSA) is 23.5 Å². The summed E-state index contributed by atoms with van der Waals surface area (Å²) in [4.78, 5) is 2.32. The number of benzene rings is 1. The van der Waals surface area contributed by atoms with Crippen LogP contribution in [0.4, 0.5) is 4.39 Å². The number of nitrogens with zero attached hydrogens (tertiary/aromatic N) is 1. The second kappa shape index (κ2) is 3.54. The molecule has 2 heterocycles. The van der Waals surface area contributed by atoms with Gasteiger partial charge >= 0.3 is 0 Å². The molecule has 2 nitrogen and oxygen atoms in total. The Bertz CT molecular complexity index is 409. The first-order valence-electron chi connectivity index (χ1n) is 5.93. The lowest BCUT2D eigenvalue weighted by atomic mass is 9.85. The summed E-state index contributed by atoms with van der Waals surface area (Å²) in [6.45, 7) is 2.00. The summed E-state index contributed by atoms with van der Waals surface area (Å²) in [7, 11) is 0. The number of hydrogen-bond acceptors (Lipinski definition) is 2. The summed E-state index contributed by atoms with van der Waals surface area (Å²) in [6.07, 6.45) is 2.89. The van der Waals surface area contributed by atoms with Crippen molar-refractivity contribution in [2.45, 2.75) is 30.9 Å². The van der Waals surface area contributed by atoms with Crippen LogP contribution < -0.4 is 0 Å². The van der Waals surface area contributed by atoms with E-state index in [1.807, 2.05) is 6.07 Å². The minimum absolute atomic E-state index is 0.189. The van der Waals surface area contributed by atoms with Crippen molar-refractivity contribution < 1.29 is 9.50 Å². The van der Waals surface area contributed by atoms with Crippen molar-refractivity contribution in [1.82, 2.24) is 4.90 Å². The summed E-state index contributed by atoms with van der Waals surface area (Å²) in [5, 5.41) is 10.7. The number of rotatable bonds is 1. The Labute approximate surface area is 94.7 Å². The van der Waals surface area contributed by atoms with E-state index in [1.54, 1.807) is 6.07 Å². The van der Waals surface area contributed by atoms with E-state index in [0.717, 1.165) is 37.9 Å². The number of aliphatic hydroxyl groups is 1. The van der Waals surface area contributed by atoms with E-state index in [-0.39, 0.29) is 11.9 Å². The van der Waals surface area contributed by atoms with Crippen molar-refractivity contribution in [3.8, 4) is 0 Å². The molecule has 0 aromatic heterocycles. The van der Waals surface area contributed by atoms with Gasteiger partial charge in [0.05, 0.1) is 0 Å². The van der Waals surface area contributed by atoms with E-state index in [9.17, 15) is 9.50 Å². The Morgan fingerprint density at radius 3 is 3.06 bits per heavy atom. The molecule has 16 heavy (non-hydrogen) atoms. The molecule has 3 heteroatoms. The first kappa shape index (κ1) is 10.2. The van der Waals surface area contributed by atoms with E-state index in [1.165, 1.54) is 12.1 Å². The van der Waals surface area contributed by atoms with Crippen LogP contribution in [0.5, 0.6) is 0 Å². The van der Waals surface area contributed by atoms with Gasteiger partial charge in [-0.3, -0.25) is 4.90 Å². The van der Waals surface area contributed by atoms with E-state index in [4.69, 9.17) is 0 Å². The zero-order valence-corrected chi connectivity index (χ0v) is 9.19. The lowest BCUT2D eigenvalue weighted by Gasteiger charge is -2.30. The van der Waals surface area contributed by atoms with Crippen LogP contribution in [0, 0.1) is 5.82 Å². The van der Waals surface area contributed by atoms with Crippen molar-refractivity contribution in [3.63, 3.8) is 0 Å². The molecule has 0 radical (unpaired) electrons. The highest BCUT2D eigenvalue weighted by Gasteiger charge is 2.48. The smallest absolute Gasteiger partial charge is 0.123 e. The SMILES string of the molecule is OC1(c2cccc(F)c2)CCN2CCCC21. The first-order valence-corrected chi connectivity index (χ1v) is 5.93. The summed E-state index contributed by atoms with van der Waals surface area (Å²) >= 11 is 0. The maximum absolute atomic E-state index is 13.2. The van der Waals surface area contributed by atoms with Crippen molar-refractivity contribution in [2.24, 2.45) is 0 Å². The third-order valence-corrected chi connectivity index (χ3v) is 4.02. The second-order valence-corrected chi connectivity index (χ2v) is 4.88. The molecule has 2 saturated heterocycles. The Kier molecular flexibility index (Phi) is 2.26. The molecule has 0 aliphatic carbocycles. The molecule has 3 rings (SSSR count). The first-order chi connectivity index (χ1) is 7.70. The summed E-state index contributed by atoms with van der Waals surface area (Å²) < 4.78 is 13.2. The van der Waals surface area contributed by atoms with Gasteiger partial charge in [-0.25, -0.2) is 4.39 Å². The molecule has 86 valence electrons. The Balaban J connectivity index is 1.99. The van der Waals surface area contributed by atoms with Crippen LogP contribution in [0.25, 0.3) is 0 Å². The molecule has 2 aliphatic heterocycles. The fraction of sp³-hybridized carbons (Fsp3) is 0.538. The van der Waals surface area contributed by atoms with E-state index < -0.39 is 5.60 Å². The van der Waals surface area contributed by atoms with Gasteiger partial charge in [0.1, 0.15) is 11.4 Å². The fourth-order valence-electron chi connectivity index (χ4n) is 3.21. The third kappa shape index (κ3) is 1.39. The minimum Gasteiger partial charge on any atom is -0.383 e. The largest absolute Gasteiger partial charge is 0.383 e. The van der Waals surface area contributed by atoms with Gasteiger partial charge < -0.3 is 5.11 Å². The van der Waals surface area contributed by atoms with Crippen molar-refractivity contribution in [2.75, 3.05) is 13.1 Å². The molecule has 1 N–H and O–H groups in total. The fourth-order valence-corrected chi connectivity index (χ4v) is 3.21. The Morgan fingerprint density at radius 2 is 2.25 bits per heavy atom. The predicted octanol–water partition coefficient (Wildman–Crippen LogP) is 1.88. The highest BCUT2D eigenvalue weighted by atomic mass is 19.1. The molecule has 0 bridgehead atoms. The monoisotopic (exact) mass is 221 g/mol. The highest BCUT2D eigenvalue weighted by Crippen LogP contribution is 2.42. The van der Waals surface area contributed by atoms with Gasteiger partial charge in [0.25, 0.3) is 0 Å². The van der Waals surface area contributed by atoms with Gasteiger partial charge in [0.2, 0.25) is 0 Å². The number of fused-ring (bicyclic) bond motifs is 1. The molecule has 1 aromatic carbocycles. The molecule has 2 aliphatic rings. The highest BCUT2D eigenvalue weighted by molar-refractivity contribution is 5.27. The zero-order valence-electron chi connectivity index (χ0n) is 9.19. The minimum atomic E-state index is -0.835. The van der Waals surface area contributed by atoms with Crippen molar-refractivity contribution in [3.05, 3.63) is 35.6 Å². The van der Waals surface area contributed by atoms with Gasteiger partial charge in [0, 0.05) is 12.6 Å².